The Morgan fingerprint density at radius 1 is 1.35 bits per heavy atom. The van der Waals surface area contributed by atoms with Crippen molar-refractivity contribution in [2.24, 2.45) is 5.92 Å². The fourth-order valence-electron chi connectivity index (χ4n) is 2.59. The predicted octanol–water partition coefficient (Wildman–Crippen LogP) is 1.78. The lowest BCUT2D eigenvalue weighted by Gasteiger charge is -2.24. The Labute approximate surface area is 120 Å². The fraction of sp³-hybridized carbons (Fsp3) is 0.533. The molecule has 0 N–H and O–H groups in total. The molecule has 0 spiro atoms. The summed E-state index contributed by atoms with van der Waals surface area (Å²) in [7, 11) is -3.01. The lowest BCUT2D eigenvalue weighted by Crippen LogP contribution is -2.36. The number of aryl methyl sites for hydroxylation is 1. The molecule has 4 nitrogen and oxygen atoms in total. The number of carbonyl (C=O) groups excluding carboxylic acids is 1. The number of hydrogen-bond donors (Lipinski definition) is 0. The average molecular weight is 295 g/mol. The average Bonchev–Trinajstić information content (AvgIpc) is 2.77. The summed E-state index contributed by atoms with van der Waals surface area (Å²) in [5.74, 6) is -0.234. The van der Waals surface area contributed by atoms with E-state index in [4.69, 9.17) is 0 Å². The number of hydrogen-bond acceptors (Lipinski definition) is 3. The van der Waals surface area contributed by atoms with E-state index in [0.717, 1.165) is 11.1 Å². The van der Waals surface area contributed by atoms with E-state index in [9.17, 15) is 13.2 Å². The first-order valence-electron chi connectivity index (χ1n) is 6.96. The van der Waals surface area contributed by atoms with Crippen LogP contribution in [0.2, 0.25) is 0 Å². The topological polar surface area (TPSA) is 54.5 Å². The molecule has 1 aliphatic heterocycles. The Hall–Kier alpha value is -1.36. The molecule has 1 aromatic rings. The van der Waals surface area contributed by atoms with Crippen LogP contribution in [0.5, 0.6) is 0 Å². The van der Waals surface area contributed by atoms with Crippen molar-refractivity contribution in [3.63, 3.8) is 0 Å². The molecule has 0 radical (unpaired) electrons. The van der Waals surface area contributed by atoms with Gasteiger partial charge in [-0.05, 0) is 31.4 Å². The normalized spacial score (nSPS) is 20.8. The first-order valence-corrected chi connectivity index (χ1v) is 8.79. The van der Waals surface area contributed by atoms with Gasteiger partial charge in [-0.25, -0.2) is 8.42 Å². The summed E-state index contributed by atoms with van der Waals surface area (Å²) < 4.78 is 23.0. The molecule has 0 aliphatic carbocycles. The third-order valence-electron chi connectivity index (χ3n) is 3.90. The minimum Gasteiger partial charge on any atom is -0.338 e. The van der Waals surface area contributed by atoms with E-state index in [0.29, 0.717) is 19.5 Å². The molecule has 0 aromatic heterocycles. The van der Waals surface area contributed by atoms with Crippen molar-refractivity contribution in [2.45, 2.75) is 26.8 Å². The second-order valence-corrected chi connectivity index (χ2v) is 7.61. The maximum Gasteiger partial charge on any atom is 0.227 e. The Bertz CT molecular complexity index is 595. The van der Waals surface area contributed by atoms with Crippen molar-refractivity contribution in [3.05, 3.63) is 35.4 Å². The number of sulfone groups is 1. The third kappa shape index (κ3) is 3.39. The van der Waals surface area contributed by atoms with Gasteiger partial charge in [-0.2, -0.15) is 0 Å². The first kappa shape index (κ1) is 15.0. The van der Waals surface area contributed by atoms with Gasteiger partial charge in [0.05, 0.1) is 17.4 Å². The van der Waals surface area contributed by atoms with E-state index in [1.165, 1.54) is 0 Å². The number of amides is 1. The smallest absolute Gasteiger partial charge is 0.227 e. The molecule has 1 heterocycles. The van der Waals surface area contributed by atoms with Crippen LogP contribution in [0.1, 0.15) is 24.5 Å². The van der Waals surface area contributed by atoms with Crippen LogP contribution < -0.4 is 0 Å². The molecule has 1 amide bonds. The largest absolute Gasteiger partial charge is 0.338 e. The third-order valence-corrected chi connectivity index (χ3v) is 5.67. The van der Waals surface area contributed by atoms with Gasteiger partial charge in [0.2, 0.25) is 5.91 Å². The van der Waals surface area contributed by atoms with Gasteiger partial charge in [-0.15, -0.1) is 0 Å². The molecule has 0 bridgehead atoms. The molecule has 1 aromatic carbocycles. The monoisotopic (exact) mass is 295 g/mol. The van der Waals surface area contributed by atoms with Crippen molar-refractivity contribution < 1.29 is 13.2 Å². The van der Waals surface area contributed by atoms with Crippen molar-refractivity contribution in [2.75, 3.05) is 18.1 Å². The molecular weight excluding hydrogens is 274 g/mol. The van der Waals surface area contributed by atoms with Crippen LogP contribution in [-0.2, 0) is 21.2 Å². The van der Waals surface area contributed by atoms with Gasteiger partial charge in [0.1, 0.15) is 0 Å². The molecule has 0 saturated carbocycles. The Balaban J connectivity index is 2.09. The van der Waals surface area contributed by atoms with Crippen molar-refractivity contribution in [1.29, 1.82) is 0 Å². The summed E-state index contributed by atoms with van der Waals surface area (Å²) in [5, 5.41) is 0. The number of rotatable bonds is 4. The lowest BCUT2D eigenvalue weighted by molar-refractivity contribution is -0.135. The van der Waals surface area contributed by atoms with Crippen molar-refractivity contribution in [1.82, 2.24) is 4.90 Å². The van der Waals surface area contributed by atoms with Gasteiger partial charge in [0.15, 0.2) is 9.84 Å². The summed E-state index contributed by atoms with van der Waals surface area (Å²) in [4.78, 5) is 14.2. The summed E-state index contributed by atoms with van der Waals surface area (Å²) >= 11 is 0. The van der Waals surface area contributed by atoms with Crippen LogP contribution in [0.15, 0.2) is 24.3 Å². The highest BCUT2D eigenvalue weighted by atomic mass is 32.2. The van der Waals surface area contributed by atoms with Crippen LogP contribution in [0.4, 0.5) is 0 Å². The van der Waals surface area contributed by atoms with E-state index < -0.39 is 9.84 Å². The van der Waals surface area contributed by atoms with Gasteiger partial charge in [0, 0.05) is 13.1 Å². The predicted molar refractivity (Wildman–Crippen MR) is 79.0 cm³/mol. The molecule has 2 rings (SSSR count). The van der Waals surface area contributed by atoms with Gasteiger partial charge in [0.25, 0.3) is 0 Å². The van der Waals surface area contributed by atoms with Gasteiger partial charge < -0.3 is 4.90 Å². The number of benzene rings is 1. The quantitative estimate of drug-likeness (QED) is 0.851. The zero-order valence-corrected chi connectivity index (χ0v) is 12.8. The maximum absolute atomic E-state index is 12.4. The van der Waals surface area contributed by atoms with Crippen molar-refractivity contribution in [3.8, 4) is 0 Å². The highest BCUT2D eigenvalue weighted by Gasteiger charge is 2.35. The minimum atomic E-state index is -3.01. The number of nitrogens with zero attached hydrogens (tertiary/aromatic N) is 1. The second kappa shape index (κ2) is 5.95. The van der Waals surface area contributed by atoms with E-state index >= 15 is 0 Å². The molecule has 1 fully saturated rings. The van der Waals surface area contributed by atoms with E-state index in [1.807, 2.05) is 38.1 Å². The van der Waals surface area contributed by atoms with Crippen LogP contribution in [-0.4, -0.2) is 37.3 Å². The minimum absolute atomic E-state index is 0.0100. The summed E-state index contributed by atoms with van der Waals surface area (Å²) in [5.41, 5.74) is 2.27. The fourth-order valence-corrected chi connectivity index (χ4v) is 4.32. The second-order valence-electron chi connectivity index (χ2n) is 5.38. The highest BCUT2D eigenvalue weighted by Crippen LogP contribution is 2.22. The zero-order chi connectivity index (χ0) is 14.8. The highest BCUT2D eigenvalue weighted by molar-refractivity contribution is 7.91. The Kier molecular flexibility index (Phi) is 4.48. The Morgan fingerprint density at radius 3 is 2.60 bits per heavy atom. The summed E-state index contributed by atoms with van der Waals surface area (Å²) in [6.45, 7) is 5.11. The molecule has 1 atom stereocenters. The zero-order valence-electron chi connectivity index (χ0n) is 12.0. The van der Waals surface area contributed by atoms with Crippen LogP contribution >= 0.6 is 0 Å². The molecular formula is C15H21NO3S. The van der Waals surface area contributed by atoms with Gasteiger partial charge in [-0.1, -0.05) is 24.3 Å². The van der Waals surface area contributed by atoms with Crippen molar-refractivity contribution >= 4 is 15.7 Å². The standard InChI is InChI=1S/C15H21NO3S/c1-3-16(10-13-7-5-4-6-12(13)2)15(17)14-8-9-20(18,19)11-14/h4-7,14H,3,8-11H2,1-2H3. The van der Waals surface area contributed by atoms with Crippen LogP contribution in [0.25, 0.3) is 0 Å². The van der Waals surface area contributed by atoms with Gasteiger partial charge >= 0.3 is 0 Å². The summed E-state index contributed by atoms with van der Waals surface area (Å²) in [6.07, 6.45) is 0.464. The molecule has 5 heteroatoms. The van der Waals surface area contributed by atoms with Gasteiger partial charge in [-0.3, -0.25) is 4.79 Å². The van der Waals surface area contributed by atoms with E-state index in [-0.39, 0.29) is 23.3 Å². The SMILES string of the molecule is CCN(Cc1ccccc1C)C(=O)C1CCS(=O)(=O)C1. The Morgan fingerprint density at radius 2 is 2.05 bits per heavy atom. The van der Waals surface area contributed by atoms with E-state index in [1.54, 1.807) is 4.90 Å². The summed E-state index contributed by atoms with van der Waals surface area (Å²) in [6, 6.07) is 7.96. The molecule has 1 aliphatic rings. The lowest BCUT2D eigenvalue weighted by atomic mass is 10.1. The maximum atomic E-state index is 12.4. The molecule has 20 heavy (non-hydrogen) atoms. The molecule has 110 valence electrons. The van der Waals surface area contributed by atoms with Crippen LogP contribution in [0, 0.1) is 12.8 Å². The van der Waals surface area contributed by atoms with Crippen LogP contribution in [0.3, 0.4) is 0 Å². The van der Waals surface area contributed by atoms with E-state index in [2.05, 4.69) is 0 Å². The number of carbonyl (C=O) groups is 1. The first-order chi connectivity index (χ1) is 9.43. The molecule has 1 unspecified atom stereocenters. The molecule has 1 saturated heterocycles.